The van der Waals surface area contributed by atoms with Crippen molar-refractivity contribution in [2.45, 2.75) is 20.4 Å². The third kappa shape index (κ3) is 6.45. The van der Waals surface area contributed by atoms with Gasteiger partial charge in [-0.25, -0.2) is 4.98 Å². The van der Waals surface area contributed by atoms with Gasteiger partial charge in [0.25, 0.3) is 0 Å². The first-order valence-corrected chi connectivity index (χ1v) is 10.7. The molecule has 0 spiro atoms. The Morgan fingerprint density at radius 1 is 1.20 bits per heavy atom. The molecule has 158 valence electrons. The van der Waals surface area contributed by atoms with E-state index in [0.717, 1.165) is 15.6 Å². The van der Waals surface area contributed by atoms with Gasteiger partial charge < -0.3 is 14.8 Å². The van der Waals surface area contributed by atoms with Crippen LogP contribution in [-0.2, 0) is 11.3 Å². The van der Waals surface area contributed by atoms with Gasteiger partial charge in [-0.15, -0.1) is 11.3 Å². The number of aromatic nitrogens is 1. The zero-order chi connectivity index (χ0) is 21.5. The van der Waals surface area contributed by atoms with Gasteiger partial charge in [0.05, 0.1) is 23.8 Å². The number of benzene rings is 2. The number of rotatable bonds is 9. The van der Waals surface area contributed by atoms with E-state index in [0.29, 0.717) is 35.4 Å². The van der Waals surface area contributed by atoms with Crippen LogP contribution < -0.4 is 14.8 Å². The van der Waals surface area contributed by atoms with E-state index in [2.05, 4.69) is 10.3 Å². The summed E-state index contributed by atoms with van der Waals surface area (Å²) in [5, 5.41) is 4.42. The van der Waals surface area contributed by atoms with Crippen LogP contribution in [0.4, 0.5) is 5.69 Å². The number of carbonyl (C=O) groups excluding carboxylic acids is 1. The van der Waals surface area contributed by atoms with E-state index >= 15 is 0 Å². The molecular formula is C22H24ClN3O3S. The third-order valence-electron chi connectivity index (χ3n) is 4.09. The number of nitrogens with zero attached hydrogens (tertiary/aromatic N) is 2. The van der Waals surface area contributed by atoms with Crippen LogP contribution in [0.25, 0.3) is 0 Å². The van der Waals surface area contributed by atoms with E-state index in [1.54, 1.807) is 29.5 Å². The molecule has 3 aromatic rings. The maximum Gasteiger partial charge on any atom is 0.238 e. The molecule has 0 unspecified atom stereocenters. The summed E-state index contributed by atoms with van der Waals surface area (Å²) in [6.45, 7) is 5.38. The second-order valence-corrected chi connectivity index (χ2v) is 8.47. The first kappa shape index (κ1) is 22.1. The summed E-state index contributed by atoms with van der Waals surface area (Å²) in [6, 6.07) is 12.4. The van der Waals surface area contributed by atoms with Crippen molar-refractivity contribution in [2.75, 3.05) is 25.5 Å². The molecule has 8 heteroatoms. The number of anilines is 1. The van der Waals surface area contributed by atoms with E-state index < -0.39 is 0 Å². The van der Waals surface area contributed by atoms with Crippen molar-refractivity contribution >= 4 is 34.5 Å². The topological polar surface area (TPSA) is 63.7 Å². The Morgan fingerprint density at radius 2 is 1.93 bits per heavy atom. The number of amides is 1. The van der Waals surface area contributed by atoms with Crippen molar-refractivity contribution in [3.63, 3.8) is 0 Å². The molecule has 1 amide bonds. The molecule has 1 heterocycles. The molecule has 0 saturated heterocycles. The van der Waals surface area contributed by atoms with E-state index in [1.165, 1.54) is 0 Å². The van der Waals surface area contributed by atoms with E-state index in [1.807, 2.05) is 56.3 Å². The highest BCUT2D eigenvalue weighted by Crippen LogP contribution is 2.32. The van der Waals surface area contributed by atoms with Crippen LogP contribution in [-0.4, -0.2) is 36.0 Å². The van der Waals surface area contributed by atoms with Crippen LogP contribution >= 0.6 is 22.9 Å². The van der Waals surface area contributed by atoms with Crippen LogP contribution in [0.5, 0.6) is 17.2 Å². The van der Waals surface area contributed by atoms with Crippen LogP contribution in [0.15, 0.2) is 48.7 Å². The molecule has 1 aromatic heterocycles. The molecule has 0 saturated carbocycles. The van der Waals surface area contributed by atoms with Crippen LogP contribution in [0.1, 0.15) is 16.8 Å². The molecular weight excluding hydrogens is 422 g/mol. The Labute approximate surface area is 185 Å². The average Bonchev–Trinajstić information content (AvgIpc) is 3.10. The van der Waals surface area contributed by atoms with Crippen LogP contribution in [0.3, 0.4) is 0 Å². The van der Waals surface area contributed by atoms with Gasteiger partial charge in [0, 0.05) is 22.6 Å². The quantitative estimate of drug-likeness (QED) is 0.480. The maximum atomic E-state index is 12.6. The predicted molar refractivity (Wildman–Crippen MR) is 121 cm³/mol. The highest BCUT2D eigenvalue weighted by molar-refractivity contribution is 7.11. The second-order valence-electron chi connectivity index (χ2n) is 6.71. The van der Waals surface area contributed by atoms with Gasteiger partial charge >= 0.3 is 0 Å². The number of halogens is 1. The van der Waals surface area contributed by atoms with Gasteiger partial charge in [-0.1, -0.05) is 11.6 Å². The first-order chi connectivity index (χ1) is 14.4. The molecule has 0 atom stereocenters. The lowest BCUT2D eigenvalue weighted by atomic mass is 10.2. The smallest absolute Gasteiger partial charge is 0.238 e. The zero-order valence-corrected chi connectivity index (χ0v) is 18.7. The number of thiazole rings is 1. The lowest BCUT2D eigenvalue weighted by molar-refractivity contribution is -0.117. The van der Waals surface area contributed by atoms with Gasteiger partial charge in [0.2, 0.25) is 5.91 Å². The number of nitrogens with one attached hydrogen (secondary N) is 1. The highest BCUT2D eigenvalue weighted by Gasteiger charge is 2.13. The van der Waals surface area contributed by atoms with E-state index in [4.69, 9.17) is 21.1 Å². The number of carbonyl (C=O) groups is 1. The van der Waals surface area contributed by atoms with Crippen molar-refractivity contribution in [1.82, 2.24) is 9.88 Å². The van der Waals surface area contributed by atoms with Crippen molar-refractivity contribution in [3.8, 4) is 17.2 Å². The molecule has 30 heavy (non-hydrogen) atoms. The van der Waals surface area contributed by atoms with E-state index in [9.17, 15) is 4.79 Å². The van der Waals surface area contributed by atoms with Gasteiger partial charge in [-0.3, -0.25) is 9.69 Å². The average molecular weight is 446 g/mol. The van der Waals surface area contributed by atoms with Crippen molar-refractivity contribution < 1.29 is 14.3 Å². The fourth-order valence-corrected chi connectivity index (χ4v) is 3.87. The molecule has 0 aliphatic rings. The number of likely N-dealkylation sites (N-methyl/N-ethyl adjacent to an activating group) is 1. The molecule has 0 fully saturated rings. The lowest BCUT2D eigenvalue weighted by Crippen LogP contribution is -2.29. The van der Waals surface area contributed by atoms with Crippen LogP contribution in [0, 0.1) is 6.92 Å². The Balaban J connectivity index is 1.64. The standard InChI is InChI=1S/C22H24ClN3O3S/c1-4-28-17-6-8-18(9-7-17)29-21-10-5-16(23)11-20(21)25-22(27)14-26(3)13-19-12-24-15(2)30-19/h5-12H,4,13-14H2,1-3H3,(H,25,27). The Hall–Kier alpha value is -2.61. The Bertz CT molecular complexity index is 992. The van der Waals surface area contributed by atoms with Gasteiger partial charge in [0.1, 0.15) is 11.5 Å². The van der Waals surface area contributed by atoms with Crippen molar-refractivity contribution in [2.24, 2.45) is 0 Å². The summed E-state index contributed by atoms with van der Waals surface area (Å²) in [5.41, 5.74) is 0.517. The summed E-state index contributed by atoms with van der Waals surface area (Å²) in [5.74, 6) is 1.76. The fourth-order valence-electron chi connectivity index (χ4n) is 2.82. The Morgan fingerprint density at radius 3 is 2.60 bits per heavy atom. The van der Waals surface area contributed by atoms with Gasteiger partial charge in [0.15, 0.2) is 5.75 Å². The minimum atomic E-state index is -0.155. The summed E-state index contributed by atoms with van der Waals surface area (Å²) in [7, 11) is 1.89. The maximum absolute atomic E-state index is 12.6. The van der Waals surface area contributed by atoms with Gasteiger partial charge in [-0.2, -0.15) is 0 Å². The second kappa shape index (κ2) is 10.4. The normalized spacial score (nSPS) is 10.8. The summed E-state index contributed by atoms with van der Waals surface area (Å²) in [4.78, 5) is 19.9. The highest BCUT2D eigenvalue weighted by atomic mass is 35.5. The molecule has 2 aromatic carbocycles. The minimum absolute atomic E-state index is 0.155. The minimum Gasteiger partial charge on any atom is -0.494 e. The number of hydrogen-bond acceptors (Lipinski definition) is 6. The van der Waals surface area contributed by atoms with Crippen molar-refractivity contribution in [3.05, 3.63) is 63.6 Å². The fraction of sp³-hybridized carbons (Fsp3) is 0.273. The lowest BCUT2D eigenvalue weighted by Gasteiger charge is -2.17. The van der Waals surface area contributed by atoms with E-state index in [-0.39, 0.29) is 12.5 Å². The monoisotopic (exact) mass is 445 g/mol. The first-order valence-electron chi connectivity index (χ1n) is 9.53. The number of aryl methyl sites for hydroxylation is 1. The largest absolute Gasteiger partial charge is 0.494 e. The van der Waals surface area contributed by atoms with Gasteiger partial charge in [-0.05, 0) is 63.4 Å². The molecule has 0 bridgehead atoms. The molecule has 0 aliphatic carbocycles. The summed E-state index contributed by atoms with van der Waals surface area (Å²) >= 11 is 7.76. The SMILES string of the molecule is CCOc1ccc(Oc2ccc(Cl)cc2NC(=O)CN(C)Cc2cnc(C)s2)cc1. The number of ether oxygens (including phenoxy) is 2. The van der Waals surface area contributed by atoms with Crippen molar-refractivity contribution in [1.29, 1.82) is 0 Å². The predicted octanol–water partition coefficient (Wildman–Crippen LogP) is 5.37. The third-order valence-corrected chi connectivity index (χ3v) is 5.22. The molecule has 6 nitrogen and oxygen atoms in total. The molecule has 3 rings (SSSR count). The Kier molecular flexibility index (Phi) is 7.68. The summed E-state index contributed by atoms with van der Waals surface area (Å²) in [6.07, 6.45) is 1.84. The number of hydrogen-bond donors (Lipinski definition) is 1. The molecule has 0 aliphatic heterocycles. The molecule has 0 radical (unpaired) electrons. The zero-order valence-electron chi connectivity index (χ0n) is 17.1. The van der Waals surface area contributed by atoms with Crippen LogP contribution in [0.2, 0.25) is 5.02 Å². The summed E-state index contributed by atoms with van der Waals surface area (Å²) < 4.78 is 11.4. The molecule has 1 N–H and O–H groups in total.